The molecule has 0 rings (SSSR count). The number of carbonyl (C=O) groups is 1. The first kappa shape index (κ1) is 16.4. The normalized spacial score (nSPS) is 13.5. The number of nitrogens with zero attached hydrogens (tertiary/aromatic N) is 1. The molecule has 102 valence electrons. The maximum Gasteiger partial charge on any atom is 0.239 e. The summed E-state index contributed by atoms with van der Waals surface area (Å²) in [7, 11) is 0. The van der Waals surface area contributed by atoms with Gasteiger partial charge in [0.15, 0.2) is 0 Å². The Morgan fingerprint density at radius 3 is 1.65 bits per heavy atom. The van der Waals surface area contributed by atoms with E-state index in [0.29, 0.717) is 17.8 Å². The fourth-order valence-electron chi connectivity index (χ4n) is 1.98. The number of rotatable bonds is 7. The lowest BCUT2D eigenvalue weighted by Gasteiger charge is -2.29. The predicted molar refractivity (Wildman–Crippen MR) is 73.7 cm³/mol. The van der Waals surface area contributed by atoms with E-state index in [1.165, 1.54) is 0 Å². The molecule has 2 N–H and O–H groups in total. The van der Waals surface area contributed by atoms with Crippen LogP contribution in [0.2, 0.25) is 0 Å². The third-order valence-corrected chi connectivity index (χ3v) is 2.53. The molecule has 3 heteroatoms. The molecule has 1 amide bonds. The summed E-state index contributed by atoms with van der Waals surface area (Å²) in [6.45, 7) is 14.3. The van der Waals surface area contributed by atoms with Crippen LogP contribution >= 0.6 is 0 Å². The van der Waals surface area contributed by atoms with Crippen LogP contribution in [0.15, 0.2) is 0 Å². The van der Waals surface area contributed by atoms with Gasteiger partial charge in [0, 0.05) is 13.1 Å². The molecule has 1 atom stereocenters. The summed E-state index contributed by atoms with van der Waals surface area (Å²) >= 11 is 0. The molecule has 0 fully saturated rings. The van der Waals surface area contributed by atoms with Crippen molar-refractivity contribution < 1.29 is 4.79 Å². The van der Waals surface area contributed by atoms with Gasteiger partial charge in [0.1, 0.15) is 0 Å². The van der Waals surface area contributed by atoms with E-state index in [-0.39, 0.29) is 11.9 Å². The lowest BCUT2D eigenvalue weighted by Crippen LogP contribution is -2.47. The van der Waals surface area contributed by atoms with Crippen LogP contribution in [0.4, 0.5) is 0 Å². The minimum absolute atomic E-state index is 0.112. The summed E-state index contributed by atoms with van der Waals surface area (Å²) in [6, 6.07) is -0.340. The van der Waals surface area contributed by atoms with Crippen molar-refractivity contribution in [1.29, 1.82) is 0 Å². The van der Waals surface area contributed by atoms with E-state index >= 15 is 0 Å². The molecule has 0 spiro atoms. The molecule has 0 aliphatic carbocycles. The van der Waals surface area contributed by atoms with Crippen molar-refractivity contribution in [2.24, 2.45) is 23.5 Å². The van der Waals surface area contributed by atoms with Crippen LogP contribution in [0, 0.1) is 17.8 Å². The van der Waals surface area contributed by atoms with Gasteiger partial charge in [0.2, 0.25) is 5.91 Å². The second kappa shape index (κ2) is 7.70. The van der Waals surface area contributed by atoms with E-state index in [4.69, 9.17) is 5.73 Å². The van der Waals surface area contributed by atoms with Crippen molar-refractivity contribution in [1.82, 2.24) is 4.90 Å². The first-order valence-electron chi connectivity index (χ1n) is 6.78. The Hall–Kier alpha value is -0.570. The van der Waals surface area contributed by atoms with Gasteiger partial charge in [-0.2, -0.15) is 0 Å². The molecule has 0 aromatic heterocycles. The molecule has 0 heterocycles. The second-order valence-corrected chi connectivity index (χ2v) is 6.27. The van der Waals surface area contributed by atoms with E-state index in [1.54, 1.807) is 0 Å². The van der Waals surface area contributed by atoms with Gasteiger partial charge >= 0.3 is 0 Å². The summed E-state index contributed by atoms with van der Waals surface area (Å²) in [5, 5.41) is 0. The third kappa shape index (κ3) is 7.37. The summed E-state index contributed by atoms with van der Waals surface area (Å²) < 4.78 is 0. The zero-order valence-electron chi connectivity index (χ0n) is 12.4. The van der Waals surface area contributed by atoms with Gasteiger partial charge in [-0.1, -0.05) is 41.5 Å². The molecule has 0 saturated heterocycles. The molecular formula is C14H30N2O. The van der Waals surface area contributed by atoms with Gasteiger partial charge < -0.3 is 10.6 Å². The predicted octanol–water partition coefficient (Wildman–Crippen LogP) is 2.50. The van der Waals surface area contributed by atoms with Crippen LogP contribution < -0.4 is 5.73 Å². The SMILES string of the molecule is CC(C)C[C@@H](N)C(=O)N(CC(C)C)CC(C)C. The fourth-order valence-corrected chi connectivity index (χ4v) is 1.98. The third-order valence-electron chi connectivity index (χ3n) is 2.53. The Labute approximate surface area is 107 Å². The highest BCUT2D eigenvalue weighted by Gasteiger charge is 2.22. The minimum Gasteiger partial charge on any atom is -0.341 e. The number of nitrogens with two attached hydrogens (primary N) is 1. The molecular weight excluding hydrogens is 212 g/mol. The quantitative estimate of drug-likeness (QED) is 0.745. The summed E-state index contributed by atoms with van der Waals surface area (Å²) in [4.78, 5) is 14.2. The van der Waals surface area contributed by atoms with Gasteiger partial charge in [-0.05, 0) is 24.2 Å². The van der Waals surface area contributed by atoms with Crippen molar-refractivity contribution in [2.75, 3.05) is 13.1 Å². The molecule has 0 saturated carbocycles. The van der Waals surface area contributed by atoms with Crippen LogP contribution in [0.5, 0.6) is 0 Å². The van der Waals surface area contributed by atoms with Crippen molar-refractivity contribution in [3.63, 3.8) is 0 Å². The summed E-state index contributed by atoms with van der Waals surface area (Å²) in [5.41, 5.74) is 5.98. The molecule has 0 aliphatic rings. The number of hydrogen-bond donors (Lipinski definition) is 1. The molecule has 0 aliphatic heterocycles. The molecule has 17 heavy (non-hydrogen) atoms. The van der Waals surface area contributed by atoms with Crippen LogP contribution in [0.25, 0.3) is 0 Å². The van der Waals surface area contributed by atoms with E-state index in [0.717, 1.165) is 19.5 Å². The van der Waals surface area contributed by atoms with Crippen molar-refractivity contribution in [3.05, 3.63) is 0 Å². The molecule has 0 unspecified atom stereocenters. The number of amides is 1. The monoisotopic (exact) mass is 242 g/mol. The van der Waals surface area contributed by atoms with Gasteiger partial charge in [-0.3, -0.25) is 4.79 Å². The Morgan fingerprint density at radius 1 is 0.941 bits per heavy atom. The highest BCUT2D eigenvalue weighted by Crippen LogP contribution is 2.10. The Morgan fingerprint density at radius 2 is 1.35 bits per heavy atom. The Kier molecular flexibility index (Phi) is 7.44. The molecule has 0 bridgehead atoms. The fraction of sp³-hybridized carbons (Fsp3) is 0.929. The number of carbonyl (C=O) groups excluding carboxylic acids is 1. The van der Waals surface area contributed by atoms with E-state index in [1.807, 2.05) is 4.90 Å². The van der Waals surface area contributed by atoms with Crippen LogP contribution in [-0.4, -0.2) is 29.9 Å². The zero-order valence-corrected chi connectivity index (χ0v) is 12.4. The van der Waals surface area contributed by atoms with Crippen LogP contribution in [-0.2, 0) is 4.79 Å². The standard InChI is InChI=1S/C14H30N2O/c1-10(2)7-13(15)14(17)16(8-11(3)4)9-12(5)6/h10-13H,7-9,15H2,1-6H3/t13-/m1/s1. The van der Waals surface area contributed by atoms with Gasteiger partial charge in [0.25, 0.3) is 0 Å². The van der Waals surface area contributed by atoms with Gasteiger partial charge in [0.05, 0.1) is 6.04 Å². The Bertz CT molecular complexity index is 214. The minimum atomic E-state index is -0.340. The van der Waals surface area contributed by atoms with E-state index in [9.17, 15) is 4.79 Å². The van der Waals surface area contributed by atoms with E-state index < -0.39 is 0 Å². The highest BCUT2D eigenvalue weighted by atomic mass is 16.2. The molecule has 0 aromatic carbocycles. The first-order chi connectivity index (χ1) is 7.73. The Balaban J connectivity index is 4.50. The maximum absolute atomic E-state index is 12.3. The molecule has 3 nitrogen and oxygen atoms in total. The topological polar surface area (TPSA) is 46.3 Å². The van der Waals surface area contributed by atoms with Crippen molar-refractivity contribution >= 4 is 5.91 Å². The van der Waals surface area contributed by atoms with Gasteiger partial charge in [-0.25, -0.2) is 0 Å². The average Bonchev–Trinajstić information content (AvgIpc) is 2.12. The number of hydrogen-bond acceptors (Lipinski definition) is 2. The lowest BCUT2D eigenvalue weighted by atomic mass is 10.0. The van der Waals surface area contributed by atoms with E-state index in [2.05, 4.69) is 41.5 Å². The van der Waals surface area contributed by atoms with Crippen molar-refractivity contribution in [3.8, 4) is 0 Å². The lowest BCUT2D eigenvalue weighted by molar-refractivity contribution is -0.134. The highest BCUT2D eigenvalue weighted by molar-refractivity contribution is 5.81. The summed E-state index contributed by atoms with van der Waals surface area (Å²) in [5.74, 6) is 1.56. The summed E-state index contributed by atoms with van der Waals surface area (Å²) in [6.07, 6.45) is 0.769. The smallest absolute Gasteiger partial charge is 0.239 e. The van der Waals surface area contributed by atoms with Crippen LogP contribution in [0.1, 0.15) is 48.0 Å². The first-order valence-corrected chi connectivity index (χ1v) is 6.78. The molecule has 0 aromatic rings. The average molecular weight is 242 g/mol. The van der Waals surface area contributed by atoms with Crippen molar-refractivity contribution in [2.45, 2.75) is 54.0 Å². The largest absolute Gasteiger partial charge is 0.341 e. The maximum atomic E-state index is 12.3. The zero-order chi connectivity index (χ0) is 13.6. The van der Waals surface area contributed by atoms with Crippen LogP contribution in [0.3, 0.4) is 0 Å². The molecule has 0 radical (unpaired) electrons. The van der Waals surface area contributed by atoms with Gasteiger partial charge in [-0.15, -0.1) is 0 Å². The second-order valence-electron chi connectivity index (χ2n) is 6.27.